The van der Waals surface area contributed by atoms with Crippen LogP contribution in [-0.4, -0.2) is 16.7 Å². The van der Waals surface area contributed by atoms with Crippen LogP contribution in [0.4, 0.5) is 0 Å². The van der Waals surface area contributed by atoms with Gasteiger partial charge >= 0.3 is 0 Å². The van der Waals surface area contributed by atoms with E-state index < -0.39 is 18.2 Å². The number of hydrogen-bond donors (Lipinski definition) is 0. The highest BCUT2D eigenvalue weighted by Crippen LogP contribution is 2.38. The molecule has 6 heteroatoms. The molecule has 0 aromatic heterocycles. The fourth-order valence-electron chi connectivity index (χ4n) is 5.02. The third-order valence-electron chi connectivity index (χ3n) is 7.45. The number of sulfone groups is 1. The molecular weight excluding hydrogens is 531 g/mol. The summed E-state index contributed by atoms with van der Waals surface area (Å²) in [6.45, 7) is 8.98. The van der Waals surface area contributed by atoms with Crippen molar-refractivity contribution >= 4 is 24.2 Å². The first kappa shape index (κ1) is 29.1. The van der Waals surface area contributed by atoms with Gasteiger partial charge in [-0.15, -0.1) is 0 Å². The van der Waals surface area contributed by atoms with E-state index in [-0.39, 0.29) is 4.90 Å². The zero-order chi connectivity index (χ0) is 28.8. The lowest BCUT2D eigenvalue weighted by molar-refractivity contribution is 0.494. The van der Waals surface area contributed by atoms with Crippen LogP contribution in [0.25, 0.3) is 17.2 Å². The Bertz CT molecular complexity index is 1590. The second-order valence-electron chi connectivity index (χ2n) is 10.6. The molecule has 0 aliphatic rings. The maximum Gasteiger partial charge on any atom is 0.260 e. The van der Waals surface area contributed by atoms with Crippen molar-refractivity contribution in [1.82, 2.24) is 0 Å². The quantitative estimate of drug-likeness (QED) is 0.181. The van der Waals surface area contributed by atoms with Crippen molar-refractivity contribution in [2.24, 2.45) is 0 Å². The zero-order valence-corrected chi connectivity index (χ0v) is 25.2. The summed E-state index contributed by atoms with van der Waals surface area (Å²) in [6, 6.07) is 35.4. The lowest BCUT2D eigenvalue weighted by Crippen LogP contribution is -2.50. The summed E-state index contributed by atoms with van der Waals surface area (Å²) in [5.41, 5.74) is 5.38. The molecule has 0 fully saturated rings. The van der Waals surface area contributed by atoms with E-state index in [9.17, 15) is 13.7 Å². The van der Waals surface area contributed by atoms with E-state index in [1.807, 2.05) is 48.5 Å². The lowest BCUT2D eigenvalue weighted by Gasteiger charge is -2.39. The molecule has 0 saturated heterocycles. The molecule has 0 saturated carbocycles. The Kier molecular flexibility index (Phi) is 9.09. The Balaban J connectivity index is 1.54. The smallest absolute Gasteiger partial charge is 0.260 e. The molecule has 40 heavy (non-hydrogen) atoms. The van der Waals surface area contributed by atoms with Gasteiger partial charge in [-0.3, -0.25) is 0 Å². The Morgan fingerprint density at radius 3 is 2.00 bits per heavy atom. The van der Waals surface area contributed by atoms with Crippen LogP contribution < -0.4 is 4.43 Å². The molecule has 204 valence electrons. The molecule has 0 aliphatic heterocycles. The number of rotatable bonds is 10. The van der Waals surface area contributed by atoms with E-state index in [0.717, 1.165) is 28.5 Å². The van der Waals surface area contributed by atoms with Crippen molar-refractivity contribution in [3.63, 3.8) is 0 Å². The van der Waals surface area contributed by atoms with Gasteiger partial charge in [0.15, 0.2) is 9.84 Å². The standard InChI is InChI=1S/C34H35NO3SSi/c1-26(2)40(27(3)4,25-29-14-18-30(19-15-29)34-13-9-8-10-31(34)24-35)38-32-20-16-28(17-21-32)22-23-39(36,37)33-11-6-5-7-12-33/h5-23,26-27H,25H2,1-4H3/b23-22+. The molecule has 0 aliphatic carbocycles. The SMILES string of the molecule is CC(C)[Si](Cc1ccc(-c2ccccc2C#N)cc1)(Oc1ccc(/C=C/S(=O)(=O)c2ccccc2)cc1)C(C)C. The summed E-state index contributed by atoms with van der Waals surface area (Å²) in [5, 5.41) is 10.7. The first-order valence-corrected chi connectivity index (χ1v) is 17.3. The van der Waals surface area contributed by atoms with Crippen molar-refractivity contribution in [2.45, 2.75) is 49.7 Å². The Hall–Kier alpha value is -3.92. The maximum absolute atomic E-state index is 12.6. The highest BCUT2D eigenvalue weighted by Gasteiger charge is 2.44. The molecule has 0 atom stereocenters. The molecule has 0 radical (unpaired) electrons. The second-order valence-corrected chi connectivity index (χ2v) is 17.2. The molecule has 0 unspecified atom stereocenters. The van der Waals surface area contributed by atoms with Crippen LogP contribution in [0.2, 0.25) is 11.1 Å². The highest BCUT2D eigenvalue weighted by molar-refractivity contribution is 7.94. The number of nitriles is 1. The summed E-state index contributed by atoms with van der Waals surface area (Å²) in [6.07, 6.45) is 1.62. The van der Waals surface area contributed by atoms with Crippen LogP contribution in [0.15, 0.2) is 113 Å². The Labute approximate surface area is 239 Å². The molecule has 0 spiro atoms. The minimum atomic E-state index is -3.50. The van der Waals surface area contributed by atoms with E-state index in [1.165, 1.54) is 11.0 Å². The topological polar surface area (TPSA) is 67.2 Å². The summed E-state index contributed by atoms with van der Waals surface area (Å²) in [5.74, 6) is 0.803. The number of benzene rings is 4. The minimum absolute atomic E-state index is 0.276. The van der Waals surface area contributed by atoms with Crippen molar-refractivity contribution in [3.8, 4) is 22.9 Å². The normalized spacial score (nSPS) is 12.1. The largest absolute Gasteiger partial charge is 0.543 e. The Morgan fingerprint density at radius 1 is 0.800 bits per heavy atom. The molecule has 4 aromatic rings. The molecule has 0 bridgehead atoms. The minimum Gasteiger partial charge on any atom is -0.543 e. The summed E-state index contributed by atoms with van der Waals surface area (Å²) in [7, 11) is -5.82. The predicted molar refractivity (Wildman–Crippen MR) is 166 cm³/mol. The third kappa shape index (κ3) is 6.61. The average Bonchev–Trinajstić information content (AvgIpc) is 2.97. The van der Waals surface area contributed by atoms with E-state index in [0.29, 0.717) is 16.6 Å². The second kappa shape index (κ2) is 12.5. The van der Waals surface area contributed by atoms with Crippen LogP contribution in [0.3, 0.4) is 0 Å². The van der Waals surface area contributed by atoms with Gasteiger partial charge < -0.3 is 4.43 Å². The Morgan fingerprint density at radius 2 is 1.40 bits per heavy atom. The van der Waals surface area contributed by atoms with Gasteiger partial charge in [0.1, 0.15) is 5.75 Å². The molecule has 0 amide bonds. The van der Waals surface area contributed by atoms with Crippen molar-refractivity contribution < 1.29 is 12.8 Å². The number of hydrogen-bond acceptors (Lipinski definition) is 4. The lowest BCUT2D eigenvalue weighted by atomic mass is 10.00. The summed E-state index contributed by atoms with van der Waals surface area (Å²) < 4.78 is 32.1. The van der Waals surface area contributed by atoms with Gasteiger partial charge in [0.2, 0.25) is 0 Å². The maximum atomic E-state index is 12.6. The molecule has 4 nitrogen and oxygen atoms in total. The first-order chi connectivity index (χ1) is 19.1. The van der Waals surface area contributed by atoms with Crippen LogP contribution in [0.5, 0.6) is 5.75 Å². The van der Waals surface area contributed by atoms with Crippen LogP contribution in [0.1, 0.15) is 44.4 Å². The summed E-state index contributed by atoms with van der Waals surface area (Å²) in [4.78, 5) is 0.276. The molecule has 0 N–H and O–H groups in total. The van der Waals surface area contributed by atoms with Gasteiger partial charge in [0.05, 0.1) is 16.5 Å². The highest BCUT2D eigenvalue weighted by atomic mass is 32.2. The van der Waals surface area contributed by atoms with Crippen LogP contribution in [0, 0.1) is 11.3 Å². The van der Waals surface area contributed by atoms with Crippen molar-refractivity contribution in [2.75, 3.05) is 0 Å². The van der Waals surface area contributed by atoms with Gasteiger partial charge in [-0.2, -0.15) is 5.26 Å². The van der Waals surface area contributed by atoms with E-state index in [2.05, 4.69) is 58.0 Å². The molecule has 4 aromatic carbocycles. The summed E-state index contributed by atoms with van der Waals surface area (Å²) >= 11 is 0. The average molecular weight is 566 g/mol. The van der Waals surface area contributed by atoms with Gasteiger partial charge in [0.25, 0.3) is 8.32 Å². The van der Waals surface area contributed by atoms with Crippen molar-refractivity contribution in [3.05, 3.63) is 125 Å². The van der Waals surface area contributed by atoms with Gasteiger partial charge in [-0.25, -0.2) is 8.42 Å². The monoisotopic (exact) mass is 565 g/mol. The fraction of sp³-hybridized carbons (Fsp3) is 0.206. The zero-order valence-electron chi connectivity index (χ0n) is 23.4. The van der Waals surface area contributed by atoms with Crippen LogP contribution in [-0.2, 0) is 15.9 Å². The van der Waals surface area contributed by atoms with Crippen LogP contribution >= 0.6 is 0 Å². The van der Waals surface area contributed by atoms with Gasteiger partial charge in [-0.1, -0.05) is 100 Å². The molecule has 4 rings (SSSR count). The van der Waals surface area contributed by atoms with Gasteiger partial charge in [0, 0.05) is 11.5 Å². The van der Waals surface area contributed by atoms with Gasteiger partial charge in [-0.05, 0) is 69.7 Å². The van der Waals surface area contributed by atoms with Crippen molar-refractivity contribution in [1.29, 1.82) is 5.26 Å². The first-order valence-electron chi connectivity index (χ1n) is 13.5. The third-order valence-corrected chi connectivity index (χ3v) is 14.4. The van der Waals surface area contributed by atoms with E-state index in [1.54, 1.807) is 36.4 Å². The fourth-order valence-corrected chi connectivity index (χ4v) is 10.2. The molecular formula is C34H35NO3SSi. The van der Waals surface area contributed by atoms with E-state index in [4.69, 9.17) is 4.43 Å². The predicted octanol–water partition coefficient (Wildman–Crippen LogP) is 8.60. The number of nitrogens with zero attached hydrogens (tertiary/aromatic N) is 1. The van der Waals surface area contributed by atoms with E-state index >= 15 is 0 Å². The molecule has 0 heterocycles.